The maximum Gasteiger partial charge on any atom is 0.422 e. The molecule has 0 unspecified atom stereocenters. The SMILES string of the molecule is CCNC(=NCc1ccc(OCC(F)(F)F)c(OC)c1)NCC(C)(C)SC. The van der Waals surface area contributed by atoms with Crippen LogP contribution in [0.1, 0.15) is 26.3 Å². The van der Waals surface area contributed by atoms with E-state index in [4.69, 9.17) is 9.47 Å². The Kier molecular flexibility index (Phi) is 9.08. The molecule has 0 bridgehead atoms. The number of guanidine groups is 1. The number of nitrogens with zero attached hydrogens (tertiary/aromatic N) is 1. The Morgan fingerprint density at radius 3 is 2.44 bits per heavy atom. The van der Waals surface area contributed by atoms with Crippen LogP contribution in [-0.4, -0.2) is 49.9 Å². The van der Waals surface area contributed by atoms with Crippen molar-refractivity contribution in [1.82, 2.24) is 10.6 Å². The molecule has 0 aromatic heterocycles. The fraction of sp³-hybridized carbons (Fsp3) is 0.611. The predicted molar refractivity (Wildman–Crippen MR) is 105 cm³/mol. The van der Waals surface area contributed by atoms with Crippen molar-refractivity contribution in [3.05, 3.63) is 23.8 Å². The highest BCUT2D eigenvalue weighted by Gasteiger charge is 2.29. The zero-order valence-electron chi connectivity index (χ0n) is 16.4. The molecule has 0 aliphatic rings. The van der Waals surface area contributed by atoms with Crippen molar-refractivity contribution < 1.29 is 22.6 Å². The molecule has 0 aliphatic carbocycles. The van der Waals surface area contributed by atoms with Gasteiger partial charge in [0.15, 0.2) is 24.1 Å². The van der Waals surface area contributed by atoms with Crippen molar-refractivity contribution in [3.63, 3.8) is 0 Å². The van der Waals surface area contributed by atoms with Gasteiger partial charge in [-0.25, -0.2) is 4.99 Å². The summed E-state index contributed by atoms with van der Waals surface area (Å²) < 4.78 is 47.0. The van der Waals surface area contributed by atoms with Crippen LogP contribution in [0, 0.1) is 0 Å². The standard InChI is InChI=1S/C18H28F3N3O2S/c1-6-22-16(24-11-17(2,3)27-5)23-10-13-7-8-14(15(9-13)25-4)26-12-18(19,20)21/h7-9H,6,10-12H2,1-5H3,(H2,22,23,24). The van der Waals surface area contributed by atoms with Gasteiger partial charge in [0.05, 0.1) is 13.7 Å². The van der Waals surface area contributed by atoms with Crippen LogP contribution in [0.4, 0.5) is 13.2 Å². The fourth-order valence-electron chi connectivity index (χ4n) is 1.97. The molecule has 2 N–H and O–H groups in total. The number of hydrogen-bond donors (Lipinski definition) is 2. The van der Waals surface area contributed by atoms with Gasteiger partial charge in [0, 0.05) is 17.8 Å². The molecular formula is C18H28F3N3O2S. The van der Waals surface area contributed by atoms with Crippen molar-refractivity contribution >= 4 is 17.7 Å². The topological polar surface area (TPSA) is 54.9 Å². The molecular weight excluding hydrogens is 379 g/mol. The molecule has 154 valence electrons. The van der Waals surface area contributed by atoms with Crippen molar-refractivity contribution in [3.8, 4) is 11.5 Å². The minimum Gasteiger partial charge on any atom is -0.493 e. The summed E-state index contributed by atoms with van der Waals surface area (Å²) in [5.41, 5.74) is 0.799. The molecule has 0 spiro atoms. The lowest BCUT2D eigenvalue weighted by Gasteiger charge is -2.23. The van der Waals surface area contributed by atoms with E-state index in [-0.39, 0.29) is 16.2 Å². The van der Waals surface area contributed by atoms with E-state index < -0.39 is 12.8 Å². The number of methoxy groups -OCH3 is 1. The van der Waals surface area contributed by atoms with Gasteiger partial charge in [0.25, 0.3) is 0 Å². The summed E-state index contributed by atoms with van der Waals surface area (Å²) in [6, 6.07) is 4.77. The Bertz CT molecular complexity index is 622. The van der Waals surface area contributed by atoms with E-state index in [1.54, 1.807) is 23.9 Å². The van der Waals surface area contributed by atoms with Gasteiger partial charge in [-0.3, -0.25) is 0 Å². The van der Waals surface area contributed by atoms with Crippen molar-refractivity contribution in [1.29, 1.82) is 0 Å². The number of rotatable bonds is 9. The van der Waals surface area contributed by atoms with Crippen LogP contribution in [0.15, 0.2) is 23.2 Å². The zero-order valence-corrected chi connectivity index (χ0v) is 17.2. The number of aliphatic imine (C=N–C) groups is 1. The van der Waals surface area contributed by atoms with Crippen LogP contribution in [0.2, 0.25) is 0 Å². The number of thioether (sulfide) groups is 1. The van der Waals surface area contributed by atoms with Crippen LogP contribution in [-0.2, 0) is 6.54 Å². The quantitative estimate of drug-likeness (QED) is 0.481. The van der Waals surface area contributed by atoms with Gasteiger partial charge in [-0.2, -0.15) is 24.9 Å². The number of alkyl halides is 3. The molecule has 0 amide bonds. The third-order valence-electron chi connectivity index (χ3n) is 3.62. The second kappa shape index (κ2) is 10.5. The first kappa shape index (κ1) is 23.3. The van der Waals surface area contributed by atoms with E-state index in [1.807, 2.05) is 6.92 Å². The average molecular weight is 408 g/mol. The van der Waals surface area contributed by atoms with Crippen molar-refractivity contribution in [2.24, 2.45) is 4.99 Å². The highest BCUT2D eigenvalue weighted by molar-refractivity contribution is 7.99. The van der Waals surface area contributed by atoms with Gasteiger partial charge in [0.2, 0.25) is 0 Å². The highest BCUT2D eigenvalue weighted by atomic mass is 32.2. The summed E-state index contributed by atoms with van der Waals surface area (Å²) in [5, 5.41) is 6.47. The molecule has 0 aliphatic heterocycles. The Morgan fingerprint density at radius 1 is 1.19 bits per heavy atom. The van der Waals surface area contributed by atoms with E-state index in [0.29, 0.717) is 12.5 Å². The van der Waals surface area contributed by atoms with Crippen molar-refractivity contribution in [2.45, 2.75) is 38.2 Å². The molecule has 0 saturated carbocycles. The minimum absolute atomic E-state index is 0.0503. The van der Waals surface area contributed by atoms with Gasteiger partial charge in [-0.15, -0.1) is 0 Å². The number of ether oxygens (including phenoxy) is 2. The van der Waals surface area contributed by atoms with E-state index in [0.717, 1.165) is 18.7 Å². The third kappa shape index (κ3) is 9.12. The maximum absolute atomic E-state index is 12.3. The molecule has 0 atom stereocenters. The first-order chi connectivity index (χ1) is 12.6. The highest BCUT2D eigenvalue weighted by Crippen LogP contribution is 2.30. The molecule has 0 heterocycles. The number of hydrogen-bond acceptors (Lipinski definition) is 4. The molecule has 0 fully saturated rings. The summed E-state index contributed by atoms with van der Waals surface area (Å²) in [5.74, 6) is 0.971. The van der Waals surface area contributed by atoms with Crippen LogP contribution < -0.4 is 20.1 Å². The van der Waals surface area contributed by atoms with Gasteiger partial charge in [-0.05, 0) is 44.7 Å². The first-order valence-electron chi connectivity index (χ1n) is 8.54. The summed E-state index contributed by atoms with van der Waals surface area (Å²) in [7, 11) is 1.39. The Hall–Kier alpha value is -1.77. The number of nitrogens with one attached hydrogen (secondary N) is 2. The van der Waals surface area contributed by atoms with E-state index in [2.05, 4.69) is 35.7 Å². The molecule has 1 aromatic rings. The maximum atomic E-state index is 12.3. The second-order valence-electron chi connectivity index (χ2n) is 6.40. The molecule has 27 heavy (non-hydrogen) atoms. The average Bonchev–Trinajstić information content (AvgIpc) is 2.61. The lowest BCUT2D eigenvalue weighted by Crippen LogP contribution is -2.43. The number of halogens is 3. The third-order valence-corrected chi connectivity index (χ3v) is 4.87. The van der Waals surface area contributed by atoms with Crippen molar-refractivity contribution in [2.75, 3.05) is 33.1 Å². The Labute approximate surface area is 163 Å². The smallest absolute Gasteiger partial charge is 0.422 e. The monoisotopic (exact) mass is 407 g/mol. The molecule has 0 saturated heterocycles. The summed E-state index contributed by atoms with van der Waals surface area (Å²) in [4.78, 5) is 4.52. The minimum atomic E-state index is -4.40. The van der Waals surface area contributed by atoms with Gasteiger partial charge >= 0.3 is 6.18 Å². The van der Waals surface area contributed by atoms with Gasteiger partial charge < -0.3 is 20.1 Å². The number of benzene rings is 1. The summed E-state index contributed by atoms with van der Waals surface area (Å²) in [6.07, 6.45) is -2.34. The van der Waals surface area contributed by atoms with E-state index in [9.17, 15) is 13.2 Å². The first-order valence-corrected chi connectivity index (χ1v) is 9.76. The second-order valence-corrected chi connectivity index (χ2v) is 7.92. The molecule has 9 heteroatoms. The van der Waals surface area contributed by atoms with E-state index in [1.165, 1.54) is 13.2 Å². The summed E-state index contributed by atoms with van der Waals surface area (Å²) >= 11 is 1.76. The lowest BCUT2D eigenvalue weighted by atomic mass is 10.2. The lowest BCUT2D eigenvalue weighted by molar-refractivity contribution is -0.153. The fourth-order valence-corrected chi connectivity index (χ4v) is 2.19. The van der Waals surface area contributed by atoms with Crippen LogP contribution in [0.25, 0.3) is 0 Å². The van der Waals surface area contributed by atoms with Gasteiger partial charge in [-0.1, -0.05) is 6.07 Å². The van der Waals surface area contributed by atoms with E-state index >= 15 is 0 Å². The molecule has 5 nitrogen and oxygen atoms in total. The van der Waals surface area contributed by atoms with Crippen LogP contribution >= 0.6 is 11.8 Å². The molecule has 1 aromatic carbocycles. The van der Waals surface area contributed by atoms with Gasteiger partial charge in [0.1, 0.15) is 0 Å². The van der Waals surface area contributed by atoms with Crippen LogP contribution in [0.5, 0.6) is 11.5 Å². The molecule has 1 rings (SSSR count). The van der Waals surface area contributed by atoms with Crippen LogP contribution in [0.3, 0.4) is 0 Å². The molecule has 0 radical (unpaired) electrons. The summed E-state index contributed by atoms with van der Waals surface area (Å²) in [6.45, 7) is 6.71. The normalized spacial score (nSPS) is 12.7. The Morgan fingerprint density at radius 2 is 1.89 bits per heavy atom. The zero-order chi connectivity index (χ0) is 20.5. The largest absolute Gasteiger partial charge is 0.493 e. The Balaban J connectivity index is 2.81. The predicted octanol–water partition coefficient (Wildman–Crippen LogP) is 3.83.